The average molecular weight is 410 g/mol. The van der Waals surface area contributed by atoms with Crippen molar-refractivity contribution in [2.45, 2.75) is 32.7 Å². The van der Waals surface area contributed by atoms with Crippen molar-refractivity contribution >= 4 is 11.6 Å². The van der Waals surface area contributed by atoms with Gasteiger partial charge >= 0.3 is 0 Å². The fourth-order valence-corrected chi connectivity index (χ4v) is 3.70. The summed E-state index contributed by atoms with van der Waals surface area (Å²) in [5.74, 6) is 0.570. The number of carbonyl (C=O) groups excluding carboxylic acids is 1. The highest BCUT2D eigenvalue weighted by molar-refractivity contribution is 5.95. The first-order chi connectivity index (χ1) is 14.4. The van der Waals surface area contributed by atoms with Gasteiger partial charge in [0.2, 0.25) is 6.79 Å². The summed E-state index contributed by atoms with van der Waals surface area (Å²) >= 11 is 0. The molecule has 0 aliphatic carbocycles. The van der Waals surface area contributed by atoms with Crippen LogP contribution in [-0.4, -0.2) is 52.3 Å². The standard InChI is InChI=1S/C21H22N4O5/c1-12-15(20(26)23-7-14-10-29-21(2,3)30-14)8-22-19-16(9-24-25(12)19)13-4-5-17-18(6-13)28-11-27-17/h4-6,8-9,14H,7,10-11H2,1-3H3,(H,23,26). The van der Waals surface area contributed by atoms with Crippen LogP contribution in [0.5, 0.6) is 11.5 Å². The lowest BCUT2D eigenvalue weighted by molar-refractivity contribution is -0.137. The van der Waals surface area contributed by atoms with Crippen LogP contribution in [0.2, 0.25) is 0 Å². The van der Waals surface area contributed by atoms with E-state index >= 15 is 0 Å². The Bertz CT molecular complexity index is 1140. The van der Waals surface area contributed by atoms with Gasteiger partial charge in [-0.1, -0.05) is 6.07 Å². The van der Waals surface area contributed by atoms with Gasteiger partial charge in [0.25, 0.3) is 5.91 Å². The van der Waals surface area contributed by atoms with Gasteiger partial charge in [-0.25, -0.2) is 9.50 Å². The molecule has 5 rings (SSSR count). The predicted molar refractivity (Wildman–Crippen MR) is 107 cm³/mol. The van der Waals surface area contributed by atoms with E-state index in [-0.39, 0.29) is 18.8 Å². The third kappa shape index (κ3) is 3.25. The van der Waals surface area contributed by atoms with Crippen molar-refractivity contribution in [3.63, 3.8) is 0 Å². The zero-order chi connectivity index (χ0) is 20.9. The molecule has 1 amide bonds. The lowest BCUT2D eigenvalue weighted by Crippen LogP contribution is -2.35. The molecular formula is C21H22N4O5. The van der Waals surface area contributed by atoms with Gasteiger partial charge in [0, 0.05) is 18.3 Å². The Kier molecular flexibility index (Phi) is 4.37. The van der Waals surface area contributed by atoms with Gasteiger partial charge in [0.15, 0.2) is 22.9 Å². The number of aryl methyl sites for hydroxylation is 1. The second-order valence-corrected chi connectivity index (χ2v) is 7.78. The van der Waals surface area contributed by atoms with Gasteiger partial charge in [-0.2, -0.15) is 5.10 Å². The number of aromatic nitrogens is 3. The maximum atomic E-state index is 12.7. The molecule has 1 unspecified atom stereocenters. The van der Waals surface area contributed by atoms with Crippen molar-refractivity contribution in [1.82, 2.24) is 19.9 Å². The third-order valence-corrected chi connectivity index (χ3v) is 5.25. The van der Waals surface area contributed by atoms with Crippen LogP contribution in [0.1, 0.15) is 29.9 Å². The molecule has 2 aliphatic rings. The van der Waals surface area contributed by atoms with Crippen molar-refractivity contribution in [2.24, 2.45) is 0 Å². The molecule has 1 saturated heterocycles. The predicted octanol–water partition coefficient (Wildman–Crippen LogP) is 2.31. The van der Waals surface area contributed by atoms with E-state index < -0.39 is 5.79 Å². The van der Waals surface area contributed by atoms with Crippen LogP contribution in [0.3, 0.4) is 0 Å². The zero-order valence-electron chi connectivity index (χ0n) is 17.0. The fraction of sp³-hybridized carbons (Fsp3) is 0.381. The van der Waals surface area contributed by atoms with E-state index in [1.165, 1.54) is 0 Å². The number of hydrogen-bond acceptors (Lipinski definition) is 7. The maximum Gasteiger partial charge on any atom is 0.254 e. The molecule has 3 aromatic rings. The van der Waals surface area contributed by atoms with Crippen LogP contribution in [0.15, 0.2) is 30.6 Å². The minimum atomic E-state index is -0.619. The molecule has 2 aromatic heterocycles. The quantitative estimate of drug-likeness (QED) is 0.705. The van der Waals surface area contributed by atoms with E-state index in [1.807, 2.05) is 39.0 Å². The molecule has 2 aliphatic heterocycles. The van der Waals surface area contributed by atoms with E-state index in [9.17, 15) is 4.79 Å². The Morgan fingerprint density at radius 3 is 2.90 bits per heavy atom. The van der Waals surface area contributed by atoms with Crippen molar-refractivity contribution < 1.29 is 23.7 Å². The molecule has 1 atom stereocenters. The number of nitrogens with zero attached hydrogens (tertiary/aromatic N) is 3. The van der Waals surface area contributed by atoms with Crippen LogP contribution < -0.4 is 14.8 Å². The SMILES string of the molecule is Cc1c(C(=O)NCC2COC(C)(C)O2)cnc2c(-c3ccc4c(c3)OCO4)cnn12. The van der Waals surface area contributed by atoms with Gasteiger partial charge in [0.05, 0.1) is 24.1 Å². The van der Waals surface area contributed by atoms with E-state index in [4.69, 9.17) is 18.9 Å². The number of nitrogens with one attached hydrogen (secondary N) is 1. The Hall–Kier alpha value is -3.17. The highest BCUT2D eigenvalue weighted by Gasteiger charge is 2.32. The zero-order valence-corrected chi connectivity index (χ0v) is 17.0. The Balaban J connectivity index is 1.38. The Morgan fingerprint density at radius 1 is 1.27 bits per heavy atom. The molecule has 9 heteroatoms. The van der Waals surface area contributed by atoms with E-state index in [1.54, 1.807) is 16.9 Å². The minimum absolute atomic E-state index is 0.178. The van der Waals surface area contributed by atoms with Crippen molar-refractivity contribution in [3.8, 4) is 22.6 Å². The number of benzene rings is 1. The van der Waals surface area contributed by atoms with Crippen LogP contribution in [0.25, 0.3) is 16.8 Å². The molecule has 9 nitrogen and oxygen atoms in total. The number of hydrogen-bond donors (Lipinski definition) is 1. The molecule has 1 N–H and O–H groups in total. The third-order valence-electron chi connectivity index (χ3n) is 5.25. The van der Waals surface area contributed by atoms with E-state index in [0.29, 0.717) is 35.8 Å². The molecule has 0 radical (unpaired) electrons. The number of amides is 1. The van der Waals surface area contributed by atoms with Gasteiger partial charge in [-0.3, -0.25) is 4.79 Å². The van der Waals surface area contributed by atoms with Crippen LogP contribution in [0, 0.1) is 6.92 Å². The van der Waals surface area contributed by atoms with Gasteiger partial charge in [-0.15, -0.1) is 0 Å². The van der Waals surface area contributed by atoms with E-state index in [2.05, 4.69) is 15.4 Å². The first kappa shape index (κ1) is 18.8. The number of ether oxygens (including phenoxy) is 4. The molecule has 0 bridgehead atoms. The minimum Gasteiger partial charge on any atom is -0.454 e. The summed E-state index contributed by atoms with van der Waals surface area (Å²) in [4.78, 5) is 17.2. The summed E-state index contributed by atoms with van der Waals surface area (Å²) in [7, 11) is 0. The normalized spacial score (nSPS) is 19.4. The number of fused-ring (bicyclic) bond motifs is 2. The lowest BCUT2D eigenvalue weighted by atomic mass is 10.1. The van der Waals surface area contributed by atoms with E-state index in [0.717, 1.165) is 16.9 Å². The van der Waals surface area contributed by atoms with Crippen molar-refractivity contribution in [2.75, 3.05) is 19.9 Å². The van der Waals surface area contributed by atoms with Crippen LogP contribution in [0.4, 0.5) is 0 Å². The van der Waals surface area contributed by atoms with Crippen LogP contribution >= 0.6 is 0 Å². The topological polar surface area (TPSA) is 96.2 Å². The molecule has 1 fully saturated rings. The lowest BCUT2D eigenvalue weighted by Gasteiger charge is -2.17. The average Bonchev–Trinajstić information content (AvgIpc) is 3.43. The molecule has 4 heterocycles. The van der Waals surface area contributed by atoms with Gasteiger partial charge in [0.1, 0.15) is 6.10 Å². The fourth-order valence-electron chi connectivity index (χ4n) is 3.70. The Labute approximate surface area is 172 Å². The summed E-state index contributed by atoms with van der Waals surface area (Å²) in [6.07, 6.45) is 3.14. The summed E-state index contributed by atoms with van der Waals surface area (Å²) < 4.78 is 23.8. The second-order valence-electron chi connectivity index (χ2n) is 7.78. The molecule has 1 aromatic carbocycles. The molecule has 0 spiro atoms. The molecular weight excluding hydrogens is 388 g/mol. The summed E-state index contributed by atoms with van der Waals surface area (Å²) in [5, 5.41) is 7.34. The Morgan fingerprint density at radius 2 is 2.10 bits per heavy atom. The summed E-state index contributed by atoms with van der Waals surface area (Å²) in [6, 6.07) is 5.71. The summed E-state index contributed by atoms with van der Waals surface area (Å²) in [5.41, 5.74) is 3.59. The van der Waals surface area contributed by atoms with Crippen molar-refractivity contribution in [3.05, 3.63) is 41.9 Å². The monoisotopic (exact) mass is 410 g/mol. The van der Waals surface area contributed by atoms with Crippen molar-refractivity contribution in [1.29, 1.82) is 0 Å². The van der Waals surface area contributed by atoms with Gasteiger partial charge in [-0.05, 0) is 38.5 Å². The maximum absolute atomic E-state index is 12.7. The summed E-state index contributed by atoms with van der Waals surface area (Å²) in [6.45, 7) is 6.58. The molecule has 30 heavy (non-hydrogen) atoms. The number of rotatable bonds is 4. The smallest absolute Gasteiger partial charge is 0.254 e. The molecule has 0 saturated carbocycles. The van der Waals surface area contributed by atoms with Crippen LogP contribution in [-0.2, 0) is 9.47 Å². The first-order valence-corrected chi connectivity index (χ1v) is 9.75. The highest BCUT2D eigenvalue weighted by atomic mass is 16.7. The largest absolute Gasteiger partial charge is 0.454 e. The second kappa shape index (κ2) is 6.96. The van der Waals surface area contributed by atoms with Gasteiger partial charge < -0.3 is 24.3 Å². The highest BCUT2D eigenvalue weighted by Crippen LogP contribution is 2.36. The first-order valence-electron chi connectivity index (χ1n) is 9.75. The molecule has 156 valence electrons. The number of carbonyl (C=O) groups is 1.